The van der Waals surface area contributed by atoms with Gasteiger partial charge in [-0.1, -0.05) is 18.2 Å². The SMILES string of the molecule is O=C1NC(=Nc2cccc(F)c2)S/C1=C/c1ccc(C(=O)O)cc1. The van der Waals surface area contributed by atoms with Crippen LogP contribution in [0.5, 0.6) is 0 Å². The molecule has 1 fully saturated rings. The number of carbonyl (C=O) groups is 2. The van der Waals surface area contributed by atoms with Crippen LogP contribution >= 0.6 is 11.8 Å². The zero-order valence-corrected chi connectivity index (χ0v) is 13.0. The molecule has 2 aromatic rings. The number of benzene rings is 2. The van der Waals surface area contributed by atoms with Crippen LogP contribution < -0.4 is 5.32 Å². The first-order valence-corrected chi connectivity index (χ1v) is 7.71. The van der Waals surface area contributed by atoms with Crippen LogP contribution in [-0.4, -0.2) is 22.2 Å². The van der Waals surface area contributed by atoms with Crippen molar-refractivity contribution in [2.24, 2.45) is 4.99 Å². The van der Waals surface area contributed by atoms with Crippen molar-refractivity contribution >= 4 is 40.6 Å². The molecule has 120 valence electrons. The van der Waals surface area contributed by atoms with Crippen molar-refractivity contribution in [1.29, 1.82) is 0 Å². The fourth-order valence-electron chi connectivity index (χ4n) is 2.02. The van der Waals surface area contributed by atoms with Gasteiger partial charge in [0.25, 0.3) is 5.91 Å². The van der Waals surface area contributed by atoms with Crippen molar-refractivity contribution in [2.45, 2.75) is 0 Å². The third-order valence-corrected chi connectivity index (χ3v) is 4.05. The molecule has 1 amide bonds. The number of hydrogen-bond acceptors (Lipinski definition) is 4. The number of halogens is 1. The molecule has 0 spiro atoms. The van der Waals surface area contributed by atoms with Crippen LogP contribution in [0.4, 0.5) is 10.1 Å². The highest BCUT2D eigenvalue weighted by Gasteiger charge is 2.23. The lowest BCUT2D eigenvalue weighted by atomic mass is 10.1. The van der Waals surface area contributed by atoms with E-state index in [0.717, 1.165) is 11.8 Å². The van der Waals surface area contributed by atoms with E-state index in [1.807, 2.05) is 0 Å². The minimum Gasteiger partial charge on any atom is -0.478 e. The number of amidine groups is 1. The zero-order valence-electron chi connectivity index (χ0n) is 12.2. The minimum absolute atomic E-state index is 0.175. The summed E-state index contributed by atoms with van der Waals surface area (Å²) in [7, 11) is 0. The number of carbonyl (C=O) groups excluding carboxylic acids is 1. The summed E-state index contributed by atoms with van der Waals surface area (Å²) in [5.74, 6) is -1.72. The summed E-state index contributed by atoms with van der Waals surface area (Å²) in [5, 5.41) is 11.8. The fourth-order valence-corrected chi connectivity index (χ4v) is 2.86. The van der Waals surface area contributed by atoms with Gasteiger partial charge in [0, 0.05) is 0 Å². The number of amides is 1. The van der Waals surface area contributed by atoms with Crippen LogP contribution in [0.2, 0.25) is 0 Å². The van der Waals surface area contributed by atoms with E-state index >= 15 is 0 Å². The summed E-state index contributed by atoms with van der Waals surface area (Å²) >= 11 is 1.14. The van der Waals surface area contributed by atoms with Crippen LogP contribution in [-0.2, 0) is 4.79 Å². The number of nitrogens with one attached hydrogen (secondary N) is 1. The molecule has 0 saturated carbocycles. The average Bonchev–Trinajstić information content (AvgIpc) is 2.87. The Balaban J connectivity index is 1.80. The highest BCUT2D eigenvalue weighted by molar-refractivity contribution is 8.18. The normalized spacial score (nSPS) is 17.3. The number of hydrogen-bond donors (Lipinski definition) is 2. The van der Waals surface area contributed by atoms with Crippen molar-refractivity contribution in [3.05, 3.63) is 70.4 Å². The first-order valence-electron chi connectivity index (χ1n) is 6.90. The molecule has 7 heteroatoms. The topological polar surface area (TPSA) is 78.8 Å². The van der Waals surface area contributed by atoms with E-state index in [9.17, 15) is 14.0 Å². The van der Waals surface area contributed by atoms with Gasteiger partial charge in [0.15, 0.2) is 5.17 Å². The second-order valence-electron chi connectivity index (χ2n) is 4.89. The molecular formula is C17H11FN2O3S. The van der Waals surface area contributed by atoms with Crippen LogP contribution in [0.1, 0.15) is 15.9 Å². The van der Waals surface area contributed by atoms with Crippen LogP contribution in [0, 0.1) is 5.82 Å². The summed E-state index contributed by atoms with van der Waals surface area (Å²) in [6, 6.07) is 11.9. The van der Waals surface area contributed by atoms with Gasteiger partial charge in [-0.15, -0.1) is 0 Å². The summed E-state index contributed by atoms with van der Waals surface area (Å²) in [5.41, 5.74) is 1.28. The molecule has 0 radical (unpaired) electrons. The number of aromatic carboxylic acids is 1. The maximum Gasteiger partial charge on any atom is 0.335 e. The standard InChI is InChI=1S/C17H11FN2O3S/c18-12-2-1-3-13(9-12)19-17-20-15(21)14(24-17)8-10-4-6-11(7-5-10)16(22)23/h1-9H,(H,22,23)(H,19,20,21)/b14-8+. The molecule has 0 atom stereocenters. The third kappa shape index (κ3) is 3.69. The molecular weight excluding hydrogens is 331 g/mol. The number of rotatable bonds is 3. The molecule has 1 saturated heterocycles. The van der Waals surface area contributed by atoms with E-state index < -0.39 is 11.8 Å². The molecule has 2 aromatic carbocycles. The highest BCUT2D eigenvalue weighted by Crippen LogP contribution is 2.28. The van der Waals surface area contributed by atoms with Gasteiger partial charge < -0.3 is 10.4 Å². The zero-order chi connectivity index (χ0) is 17.1. The summed E-state index contributed by atoms with van der Waals surface area (Å²) in [6.07, 6.45) is 1.64. The lowest BCUT2D eigenvalue weighted by Gasteiger charge is -1.97. The maximum atomic E-state index is 13.2. The Kier molecular flexibility index (Phi) is 4.43. The Labute approximate surface area is 140 Å². The van der Waals surface area contributed by atoms with Crippen molar-refractivity contribution in [3.8, 4) is 0 Å². The molecule has 0 aromatic heterocycles. The Hall–Kier alpha value is -2.93. The van der Waals surface area contributed by atoms with E-state index in [4.69, 9.17) is 5.11 Å². The van der Waals surface area contributed by atoms with Gasteiger partial charge in [-0.25, -0.2) is 14.2 Å². The van der Waals surface area contributed by atoms with Gasteiger partial charge in [0.2, 0.25) is 0 Å². The molecule has 24 heavy (non-hydrogen) atoms. The van der Waals surface area contributed by atoms with Gasteiger partial charge >= 0.3 is 5.97 Å². The average molecular weight is 342 g/mol. The Bertz CT molecular complexity index is 876. The smallest absolute Gasteiger partial charge is 0.335 e. The predicted molar refractivity (Wildman–Crippen MR) is 90.6 cm³/mol. The number of nitrogens with zero attached hydrogens (tertiary/aromatic N) is 1. The first kappa shape index (κ1) is 15.9. The van der Waals surface area contributed by atoms with Crippen LogP contribution in [0.15, 0.2) is 58.4 Å². The molecule has 1 aliphatic rings. The van der Waals surface area contributed by atoms with E-state index in [0.29, 0.717) is 21.3 Å². The third-order valence-electron chi connectivity index (χ3n) is 3.15. The summed E-state index contributed by atoms with van der Waals surface area (Å²) < 4.78 is 13.2. The summed E-state index contributed by atoms with van der Waals surface area (Å²) in [6.45, 7) is 0. The molecule has 1 aliphatic heterocycles. The van der Waals surface area contributed by atoms with E-state index in [-0.39, 0.29) is 11.5 Å². The largest absolute Gasteiger partial charge is 0.478 e. The quantitative estimate of drug-likeness (QED) is 0.838. The lowest BCUT2D eigenvalue weighted by molar-refractivity contribution is -0.115. The molecule has 0 aliphatic carbocycles. The van der Waals surface area contributed by atoms with Crippen molar-refractivity contribution in [1.82, 2.24) is 5.32 Å². The Morgan fingerprint density at radius 2 is 1.96 bits per heavy atom. The molecule has 1 heterocycles. The molecule has 5 nitrogen and oxygen atoms in total. The molecule has 0 unspecified atom stereocenters. The molecule has 0 bridgehead atoms. The van der Waals surface area contributed by atoms with E-state index in [1.54, 1.807) is 24.3 Å². The fraction of sp³-hybridized carbons (Fsp3) is 0. The van der Waals surface area contributed by atoms with Crippen molar-refractivity contribution in [3.63, 3.8) is 0 Å². The van der Waals surface area contributed by atoms with Gasteiger partial charge in [0.05, 0.1) is 16.2 Å². The van der Waals surface area contributed by atoms with E-state index in [2.05, 4.69) is 10.3 Å². The number of aliphatic imine (C=N–C) groups is 1. The monoisotopic (exact) mass is 342 g/mol. The maximum absolute atomic E-state index is 13.2. The summed E-state index contributed by atoms with van der Waals surface area (Å²) in [4.78, 5) is 27.4. The Morgan fingerprint density at radius 3 is 2.62 bits per heavy atom. The van der Waals surface area contributed by atoms with Gasteiger partial charge in [0.1, 0.15) is 5.82 Å². The molecule has 2 N–H and O–H groups in total. The van der Waals surface area contributed by atoms with Gasteiger partial charge in [-0.05, 0) is 53.7 Å². The van der Waals surface area contributed by atoms with Gasteiger partial charge in [-0.2, -0.15) is 0 Å². The first-order chi connectivity index (χ1) is 11.5. The van der Waals surface area contributed by atoms with Crippen LogP contribution in [0.25, 0.3) is 6.08 Å². The number of carboxylic acids is 1. The number of carboxylic acid groups (broad SMARTS) is 1. The van der Waals surface area contributed by atoms with Crippen LogP contribution in [0.3, 0.4) is 0 Å². The van der Waals surface area contributed by atoms with Gasteiger partial charge in [-0.3, -0.25) is 4.79 Å². The lowest BCUT2D eigenvalue weighted by Crippen LogP contribution is -2.19. The second kappa shape index (κ2) is 6.67. The minimum atomic E-state index is -1.01. The van der Waals surface area contributed by atoms with E-state index in [1.165, 1.54) is 30.3 Å². The van der Waals surface area contributed by atoms with Crippen molar-refractivity contribution < 1.29 is 19.1 Å². The number of thioether (sulfide) groups is 1. The Morgan fingerprint density at radius 1 is 1.21 bits per heavy atom. The van der Waals surface area contributed by atoms with Crippen molar-refractivity contribution in [2.75, 3.05) is 0 Å². The molecule has 3 rings (SSSR count). The predicted octanol–water partition coefficient (Wildman–Crippen LogP) is 3.42. The second-order valence-corrected chi connectivity index (χ2v) is 5.92. The highest BCUT2D eigenvalue weighted by atomic mass is 32.2.